The Morgan fingerprint density at radius 3 is 2.69 bits per heavy atom. The summed E-state index contributed by atoms with van der Waals surface area (Å²) in [4.78, 5) is 2.57. The number of fused-ring (bicyclic) bond motifs is 4. The standard InChI is InChI=1S/C22H36N4O4S2/c1-17-7-4-8-18-10-13-25-16-19-9-5-12-26(20(19)15-21(25)22(17)18)31(27,28)14-6-11-23-32(29,30)24(2)3/h4,7-8,19-21,23H,5-6,9-16H2,1-3H3/t19-,20+,21+/m1/s1. The molecule has 10 heteroatoms. The topological polar surface area (TPSA) is 90.0 Å². The van der Waals surface area contributed by atoms with Crippen molar-refractivity contribution < 1.29 is 16.8 Å². The molecule has 32 heavy (non-hydrogen) atoms. The van der Waals surface area contributed by atoms with Gasteiger partial charge < -0.3 is 0 Å². The van der Waals surface area contributed by atoms with Gasteiger partial charge in [0.2, 0.25) is 10.0 Å². The Balaban J connectivity index is 1.47. The van der Waals surface area contributed by atoms with Crippen molar-refractivity contribution in [1.82, 2.24) is 18.2 Å². The van der Waals surface area contributed by atoms with E-state index in [4.69, 9.17) is 0 Å². The normalized spacial score (nSPS) is 27.1. The van der Waals surface area contributed by atoms with Crippen LogP contribution in [0, 0.1) is 12.8 Å². The van der Waals surface area contributed by atoms with Crippen LogP contribution < -0.4 is 4.72 Å². The second kappa shape index (κ2) is 9.31. The van der Waals surface area contributed by atoms with Gasteiger partial charge in [-0.1, -0.05) is 18.2 Å². The van der Waals surface area contributed by atoms with Crippen LogP contribution >= 0.6 is 0 Å². The Kier molecular flexibility index (Phi) is 7.01. The first-order valence-electron chi connectivity index (χ1n) is 11.6. The van der Waals surface area contributed by atoms with Gasteiger partial charge in [0.05, 0.1) is 5.75 Å². The molecule has 1 aromatic rings. The molecule has 8 nitrogen and oxygen atoms in total. The molecule has 0 bridgehead atoms. The van der Waals surface area contributed by atoms with Gasteiger partial charge >= 0.3 is 0 Å². The highest BCUT2D eigenvalue weighted by atomic mass is 32.2. The molecule has 2 saturated heterocycles. The van der Waals surface area contributed by atoms with Crippen LogP contribution in [0.5, 0.6) is 0 Å². The Labute approximate surface area is 193 Å². The van der Waals surface area contributed by atoms with Crippen LogP contribution in [0.15, 0.2) is 18.2 Å². The van der Waals surface area contributed by atoms with Gasteiger partial charge in [-0.25, -0.2) is 13.1 Å². The summed E-state index contributed by atoms with van der Waals surface area (Å²) in [6, 6.07) is 6.81. The fraction of sp³-hybridized carbons (Fsp3) is 0.727. The monoisotopic (exact) mass is 484 g/mol. The molecular formula is C22H36N4O4S2. The minimum Gasteiger partial charge on any atom is -0.296 e. The van der Waals surface area contributed by atoms with Crippen molar-refractivity contribution in [3.8, 4) is 0 Å². The summed E-state index contributed by atoms with van der Waals surface area (Å²) in [6.45, 7) is 4.85. The second-order valence-electron chi connectivity index (χ2n) is 9.58. The van der Waals surface area contributed by atoms with E-state index in [0.29, 0.717) is 12.5 Å². The van der Waals surface area contributed by atoms with E-state index in [9.17, 15) is 16.8 Å². The summed E-state index contributed by atoms with van der Waals surface area (Å²) in [6.07, 6.45) is 4.14. The minimum absolute atomic E-state index is 0.0269. The average molecular weight is 485 g/mol. The number of benzene rings is 1. The van der Waals surface area contributed by atoms with Gasteiger partial charge in [0, 0.05) is 52.4 Å². The van der Waals surface area contributed by atoms with Gasteiger partial charge in [-0.3, -0.25) is 4.90 Å². The van der Waals surface area contributed by atoms with Crippen LogP contribution in [0.4, 0.5) is 0 Å². The predicted molar refractivity (Wildman–Crippen MR) is 126 cm³/mol. The first-order valence-corrected chi connectivity index (χ1v) is 14.6. The Morgan fingerprint density at radius 2 is 1.94 bits per heavy atom. The van der Waals surface area contributed by atoms with Crippen LogP contribution in [0.25, 0.3) is 0 Å². The largest absolute Gasteiger partial charge is 0.296 e. The van der Waals surface area contributed by atoms with Gasteiger partial charge in [0.25, 0.3) is 10.2 Å². The van der Waals surface area contributed by atoms with Crippen molar-refractivity contribution in [2.45, 2.75) is 51.1 Å². The van der Waals surface area contributed by atoms with E-state index >= 15 is 0 Å². The Morgan fingerprint density at radius 1 is 1.16 bits per heavy atom. The van der Waals surface area contributed by atoms with Crippen LogP contribution in [0.2, 0.25) is 0 Å². The maximum Gasteiger partial charge on any atom is 0.278 e. The van der Waals surface area contributed by atoms with E-state index in [1.54, 1.807) is 4.31 Å². The van der Waals surface area contributed by atoms with Crippen LogP contribution in [0.3, 0.4) is 0 Å². The fourth-order valence-corrected chi connectivity index (χ4v) is 8.21. The zero-order valence-corrected chi connectivity index (χ0v) is 21.0. The summed E-state index contributed by atoms with van der Waals surface area (Å²) >= 11 is 0. The molecular weight excluding hydrogens is 448 g/mol. The summed E-state index contributed by atoms with van der Waals surface area (Å²) in [7, 11) is -4.09. The number of nitrogens with one attached hydrogen (secondary N) is 1. The highest BCUT2D eigenvalue weighted by Crippen LogP contribution is 2.44. The number of nitrogens with zero attached hydrogens (tertiary/aromatic N) is 3. The van der Waals surface area contributed by atoms with Crippen LogP contribution in [-0.2, 0) is 26.7 Å². The molecule has 4 rings (SSSR count). The lowest BCUT2D eigenvalue weighted by Crippen LogP contribution is -2.57. The summed E-state index contributed by atoms with van der Waals surface area (Å²) in [5, 5.41) is 0. The van der Waals surface area contributed by atoms with Crippen molar-refractivity contribution in [1.29, 1.82) is 0 Å². The molecule has 3 heterocycles. The lowest BCUT2D eigenvalue weighted by molar-refractivity contribution is 0.0217. The first-order chi connectivity index (χ1) is 15.1. The molecule has 0 radical (unpaired) electrons. The number of aryl methyl sites for hydroxylation is 1. The fourth-order valence-electron chi connectivity index (χ4n) is 5.73. The average Bonchev–Trinajstić information content (AvgIpc) is 2.74. The van der Waals surface area contributed by atoms with Crippen LogP contribution in [-0.4, -0.2) is 82.4 Å². The van der Waals surface area contributed by atoms with E-state index in [1.165, 1.54) is 30.8 Å². The maximum atomic E-state index is 13.3. The molecule has 0 saturated carbocycles. The zero-order valence-electron chi connectivity index (χ0n) is 19.3. The van der Waals surface area contributed by atoms with E-state index in [2.05, 4.69) is 34.7 Å². The second-order valence-corrected chi connectivity index (χ2v) is 13.6. The third-order valence-corrected chi connectivity index (χ3v) is 10.9. The number of rotatable bonds is 7. The van der Waals surface area contributed by atoms with E-state index in [1.807, 2.05) is 0 Å². The van der Waals surface area contributed by atoms with Crippen LogP contribution in [0.1, 0.15) is 48.4 Å². The lowest BCUT2D eigenvalue weighted by atomic mass is 9.76. The molecule has 1 N–H and O–H groups in total. The first kappa shape index (κ1) is 24.1. The van der Waals surface area contributed by atoms with Crippen molar-refractivity contribution in [2.24, 2.45) is 5.92 Å². The third kappa shape index (κ3) is 4.76. The minimum atomic E-state index is -3.54. The number of hydrogen-bond donors (Lipinski definition) is 1. The number of piperidine rings is 2. The SMILES string of the molecule is Cc1cccc2c1[C@@H]1C[C@H]3[C@H](CCCN3S(=O)(=O)CCCNS(=O)(=O)N(C)C)CN1CC2. The van der Waals surface area contributed by atoms with Crippen molar-refractivity contribution in [2.75, 3.05) is 46.0 Å². The third-order valence-electron chi connectivity index (χ3n) is 7.36. The maximum absolute atomic E-state index is 13.3. The van der Waals surface area contributed by atoms with E-state index in [-0.39, 0.29) is 30.8 Å². The highest BCUT2D eigenvalue weighted by Gasteiger charge is 2.45. The van der Waals surface area contributed by atoms with Gasteiger partial charge in [0.1, 0.15) is 0 Å². The van der Waals surface area contributed by atoms with Crippen molar-refractivity contribution >= 4 is 20.2 Å². The smallest absolute Gasteiger partial charge is 0.278 e. The molecule has 3 aliphatic rings. The molecule has 180 valence electrons. The summed E-state index contributed by atoms with van der Waals surface area (Å²) in [5.41, 5.74) is 4.11. The molecule has 0 unspecified atom stereocenters. The lowest BCUT2D eigenvalue weighted by Gasteiger charge is -2.52. The summed E-state index contributed by atoms with van der Waals surface area (Å²) in [5.74, 6) is 0.337. The molecule has 0 aromatic heterocycles. The van der Waals surface area contributed by atoms with E-state index in [0.717, 1.165) is 43.1 Å². The van der Waals surface area contributed by atoms with Gasteiger partial charge in [-0.15, -0.1) is 0 Å². The number of sulfonamides is 1. The number of hydrogen-bond acceptors (Lipinski definition) is 5. The molecule has 0 aliphatic carbocycles. The predicted octanol–water partition coefficient (Wildman–Crippen LogP) is 1.49. The molecule has 0 spiro atoms. The molecule has 2 fully saturated rings. The van der Waals surface area contributed by atoms with Gasteiger partial charge in [-0.2, -0.15) is 17.0 Å². The summed E-state index contributed by atoms with van der Waals surface area (Å²) < 4.78 is 55.6. The van der Waals surface area contributed by atoms with Gasteiger partial charge in [0.15, 0.2) is 0 Å². The molecule has 3 aliphatic heterocycles. The Bertz CT molecular complexity index is 1040. The van der Waals surface area contributed by atoms with Crippen molar-refractivity contribution in [3.05, 3.63) is 34.9 Å². The molecule has 1 aromatic carbocycles. The molecule has 0 amide bonds. The highest BCUT2D eigenvalue weighted by molar-refractivity contribution is 7.89. The van der Waals surface area contributed by atoms with Gasteiger partial charge in [-0.05, 0) is 61.6 Å². The van der Waals surface area contributed by atoms with E-state index < -0.39 is 20.2 Å². The quantitative estimate of drug-likeness (QED) is 0.593. The Hall–Kier alpha value is -1.04. The molecule has 3 atom stereocenters. The van der Waals surface area contributed by atoms with Crippen molar-refractivity contribution in [3.63, 3.8) is 0 Å². The zero-order chi connectivity index (χ0) is 23.1.